The Balaban J connectivity index is 1.55. The van der Waals surface area contributed by atoms with E-state index in [1.54, 1.807) is 4.68 Å². The summed E-state index contributed by atoms with van der Waals surface area (Å²) in [6, 6.07) is 12.0. The first-order valence-corrected chi connectivity index (χ1v) is 8.21. The van der Waals surface area contributed by atoms with Crippen molar-refractivity contribution in [3.8, 4) is 5.69 Å². The van der Waals surface area contributed by atoms with Crippen LogP contribution >= 0.6 is 15.9 Å². The van der Waals surface area contributed by atoms with Crippen LogP contribution in [0.15, 0.2) is 53.3 Å². The summed E-state index contributed by atoms with van der Waals surface area (Å²) in [5.74, 6) is 0.581. The van der Waals surface area contributed by atoms with Crippen molar-refractivity contribution in [2.45, 2.75) is 13.5 Å². The van der Waals surface area contributed by atoms with Crippen LogP contribution in [-0.4, -0.2) is 29.6 Å². The van der Waals surface area contributed by atoms with Crippen LogP contribution in [0.1, 0.15) is 11.3 Å². The Labute approximate surface area is 146 Å². The maximum Gasteiger partial charge on any atom is 0.248 e. The number of halogens is 1. The molecule has 7 nitrogen and oxygen atoms in total. The van der Waals surface area contributed by atoms with Crippen molar-refractivity contribution in [2.75, 3.05) is 5.32 Å². The van der Waals surface area contributed by atoms with E-state index in [0.29, 0.717) is 12.5 Å². The van der Waals surface area contributed by atoms with E-state index < -0.39 is 0 Å². The number of fused-ring (bicyclic) bond motifs is 1. The fraction of sp³-hybridized carbons (Fsp3) is 0.125. The molecule has 0 spiro atoms. The average molecular weight is 384 g/mol. The van der Waals surface area contributed by atoms with Crippen molar-refractivity contribution in [1.29, 1.82) is 0 Å². The number of benzene rings is 1. The summed E-state index contributed by atoms with van der Waals surface area (Å²) in [5, 5.41) is 15.1. The first-order chi connectivity index (χ1) is 11.7. The molecular weight excluding hydrogens is 370 g/mol. The third kappa shape index (κ3) is 2.88. The Kier molecular flexibility index (Phi) is 3.73. The average Bonchev–Trinajstić information content (AvgIpc) is 3.19. The van der Waals surface area contributed by atoms with E-state index in [2.05, 4.69) is 41.8 Å². The fourth-order valence-corrected chi connectivity index (χ4v) is 2.78. The minimum absolute atomic E-state index is 0.533. The minimum Gasteiger partial charge on any atom is -0.347 e. The molecule has 0 unspecified atom stereocenters. The molecule has 120 valence electrons. The highest BCUT2D eigenvalue weighted by atomic mass is 79.9. The van der Waals surface area contributed by atoms with Gasteiger partial charge < -0.3 is 9.72 Å². The predicted molar refractivity (Wildman–Crippen MR) is 94.1 cm³/mol. The lowest BCUT2D eigenvalue weighted by Crippen LogP contribution is -2.07. The lowest BCUT2D eigenvalue weighted by atomic mass is 10.2. The van der Waals surface area contributed by atoms with Crippen LogP contribution < -0.4 is 5.32 Å². The molecule has 0 aliphatic carbocycles. The Morgan fingerprint density at radius 2 is 1.92 bits per heavy atom. The zero-order valence-corrected chi connectivity index (χ0v) is 14.5. The minimum atomic E-state index is 0.533. The Morgan fingerprint density at radius 1 is 1.08 bits per heavy atom. The maximum atomic E-state index is 4.57. The summed E-state index contributed by atoms with van der Waals surface area (Å²) in [5.41, 5.74) is 3.91. The van der Waals surface area contributed by atoms with Crippen molar-refractivity contribution in [3.63, 3.8) is 0 Å². The van der Waals surface area contributed by atoms with E-state index in [0.717, 1.165) is 21.5 Å². The van der Waals surface area contributed by atoms with Crippen molar-refractivity contribution >= 4 is 27.5 Å². The molecule has 4 rings (SSSR count). The number of pyridine rings is 1. The number of imidazole rings is 1. The summed E-state index contributed by atoms with van der Waals surface area (Å²) in [6.07, 6.45) is 3.95. The van der Waals surface area contributed by atoms with Crippen LogP contribution in [0.4, 0.5) is 5.95 Å². The molecule has 0 saturated carbocycles. The number of tetrazole rings is 1. The molecule has 3 heterocycles. The molecule has 0 aliphatic heterocycles. The predicted octanol–water partition coefficient (Wildman–Crippen LogP) is 2.99. The van der Waals surface area contributed by atoms with E-state index in [4.69, 9.17) is 0 Å². The van der Waals surface area contributed by atoms with E-state index in [1.807, 2.05) is 60.1 Å². The monoisotopic (exact) mass is 383 g/mol. The number of rotatable bonds is 4. The van der Waals surface area contributed by atoms with Gasteiger partial charge >= 0.3 is 0 Å². The number of hydrogen-bond acceptors (Lipinski definition) is 5. The Morgan fingerprint density at radius 3 is 2.75 bits per heavy atom. The van der Waals surface area contributed by atoms with Crippen LogP contribution in [0.2, 0.25) is 0 Å². The number of anilines is 1. The zero-order chi connectivity index (χ0) is 16.5. The van der Waals surface area contributed by atoms with Gasteiger partial charge in [-0.15, -0.1) is 0 Å². The van der Waals surface area contributed by atoms with Gasteiger partial charge in [0.2, 0.25) is 5.95 Å². The second kappa shape index (κ2) is 6.04. The summed E-state index contributed by atoms with van der Waals surface area (Å²) in [4.78, 5) is 4.57. The zero-order valence-electron chi connectivity index (χ0n) is 12.9. The molecule has 0 radical (unpaired) electrons. The number of nitrogens with zero attached hydrogens (tertiary/aromatic N) is 6. The van der Waals surface area contributed by atoms with Crippen molar-refractivity contribution in [2.24, 2.45) is 0 Å². The van der Waals surface area contributed by atoms with Gasteiger partial charge in [0, 0.05) is 16.9 Å². The highest BCUT2D eigenvalue weighted by Gasteiger charge is 2.09. The number of hydrogen-bond donors (Lipinski definition) is 1. The van der Waals surface area contributed by atoms with Gasteiger partial charge in [-0.2, -0.15) is 4.68 Å². The van der Waals surface area contributed by atoms with Crippen LogP contribution in [0.25, 0.3) is 11.3 Å². The second-order valence-corrected chi connectivity index (χ2v) is 6.36. The number of nitrogens with one attached hydrogen (secondary N) is 1. The standard InChI is InChI=1S/C16H14BrN7/c1-11-2-5-14(6-3-11)24-16(20-21-22-24)18-8-13-10-23-9-12(17)4-7-15(23)19-13/h2-7,9-10H,8H2,1H3,(H,18,20,22). The second-order valence-electron chi connectivity index (χ2n) is 5.45. The van der Waals surface area contributed by atoms with Crippen LogP contribution in [0, 0.1) is 6.92 Å². The van der Waals surface area contributed by atoms with Gasteiger partial charge in [-0.25, -0.2) is 4.98 Å². The quantitative estimate of drug-likeness (QED) is 0.586. The van der Waals surface area contributed by atoms with Gasteiger partial charge in [0.1, 0.15) is 5.65 Å². The Bertz CT molecular complexity index is 987. The van der Waals surface area contributed by atoms with Gasteiger partial charge in [0.05, 0.1) is 17.9 Å². The molecule has 0 fully saturated rings. The number of aromatic nitrogens is 6. The molecule has 0 aliphatic rings. The summed E-state index contributed by atoms with van der Waals surface area (Å²) in [6.45, 7) is 2.58. The lowest BCUT2D eigenvalue weighted by molar-refractivity contribution is 0.788. The largest absolute Gasteiger partial charge is 0.347 e. The topological polar surface area (TPSA) is 72.9 Å². The molecule has 0 amide bonds. The summed E-state index contributed by atoms with van der Waals surface area (Å²) in [7, 11) is 0. The maximum absolute atomic E-state index is 4.57. The van der Waals surface area contributed by atoms with Crippen molar-refractivity contribution in [1.82, 2.24) is 29.6 Å². The summed E-state index contributed by atoms with van der Waals surface area (Å²) >= 11 is 3.46. The van der Waals surface area contributed by atoms with Gasteiger partial charge in [0.15, 0.2) is 0 Å². The van der Waals surface area contributed by atoms with Gasteiger partial charge in [-0.05, 0) is 57.5 Å². The molecule has 4 aromatic rings. The summed E-state index contributed by atoms with van der Waals surface area (Å²) < 4.78 is 4.66. The van der Waals surface area contributed by atoms with Crippen LogP contribution in [-0.2, 0) is 6.54 Å². The normalized spacial score (nSPS) is 11.1. The van der Waals surface area contributed by atoms with Crippen LogP contribution in [0.5, 0.6) is 0 Å². The molecule has 3 aromatic heterocycles. The Hall–Kier alpha value is -2.74. The highest BCUT2D eigenvalue weighted by molar-refractivity contribution is 9.10. The third-order valence-corrected chi connectivity index (χ3v) is 4.11. The van der Waals surface area contributed by atoms with Crippen LogP contribution in [0.3, 0.4) is 0 Å². The lowest BCUT2D eigenvalue weighted by Gasteiger charge is -2.06. The molecule has 8 heteroatoms. The van der Waals surface area contributed by atoms with E-state index in [1.165, 1.54) is 5.56 Å². The van der Waals surface area contributed by atoms with Gasteiger partial charge in [0.25, 0.3) is 0 Å². The van der Waals surface area contributed by atoms with Gasteiger partial charge in [-0.3, -0.25) is 0 Å². The fourth-order valence-electron chi connectivity index (χ4n) is 2.43. The molecule has 0 saturated heterocycles. The molecule has 0 bridgehead atoms. The first kappa shape index (κ1) is 14.8. The molecule has 1 aromatic carbocycles. The van der Waals surface area contributed by atoms with E-state index >= 15 is 0 Å². The third-order valence-electron chi connectivity index (χ3n) is 3.64. The van der Waals surface area contributed by atoms with E-state index in [-0.39, 0.29) is 0 Å². The van der Waals surface area contributed by atoms with E-state index in [9.17, 15) is 0 Å². The molecule has 1 N–H and O–H groups in total. The molecular formula is C16H14BrN7. The van der Waals surface area contributed by atoms with Crippen molar-refractivity contribution in [3.05, 3.63) is 64.5 Å². The number of aryl methyl sites for hydroxylation is 1. The van der Waals surface area contributed by atoms with Gasteiger partial charge in [-0.1, -0.05) is 22.8 Å². The first-order valence-electron chi connectivity index (χ1n) is 7.41. The highest BCUT2D eigenvalue weighted by Crippen LogP contribution is 2.15. The molecule has 24 heavy (non-hydrogen) atoms. The smallest absolute Gasteiger partial charge is 0.248 e. The SMILES string of the molecule is Cc1ccc(-n2nnnc2NCc2cn3cc(Br)ccc3n2)cc1. The molecule has 0 atom stereocenters. The van der Waals surface area contributed by atoms with Crippen molar-refractivity contribution < 1.29 is 0 Å².